The highest BCUT2D eigenvalue weighted by atomic mass is 16.5. The van der Waals surface area contributed by atoms with E-state index in [0.717, 1.165) is 37.1 Å². The molecule has 3 nitrogen and oxygen atoms in total. The zero-order chi connectivity index (χ0) is 13.3. The molecule has 1 aliphatic carbocycles. The van der Waals surface area contributed by atoms with Crippen molar-refractivity contribution in [2.75, 3.05) is 20.3 Å². The normalized spacial score (nSPS) is 16.3. The number of para-hydroxylation sites is 2. The highest BCUT2D eigenvalue weighted by molar-refractivity contribution is 5.39. The first-order chi connectivity index (χ1) is 9.40. The van der Waals surface area contributed by atoms with Crippen LogP contribution in [0.15, 0.2) is 24.3 Å². The molecule has 0 amide bonds. The fourth-order valence-electron chi connectivity index (χ4n) is 2.61. The molecule has 0 bridgehead atoms. The lowest BCUT2D eigenvalue weighted by Crippen LogP contribution is -2.32. The van der Waals surface area contributed by atoms with Gasteiger partial charge in [-0.2, -0.15) is 0 Å². The lowest BCUT2D eigenvalue weighted by atomic mass is 9.95. The number of benzene rings is 1. The van der Waals surface area contributed by atoms with Crippen LogP contribution < -0.4 is 14.8 Å². The predicted octanol–water partition coefficient (Wildman–Crippen LogP) is 3.39. The molecule has 106 valence electrons. The fraction of sp³-hybridized carbons (Fsp3) is 0.625. The topological polar surface area (TPSA) is 30.5 Å². The van der Waals surface area contributed by atoms with Crippen molar-refractivity contribution in [2.45, 2.75) is 44.6 Å². The van der Waals surface area contributed by atoms with Crippen LogP contribution in [-0.2, 0) is 0 Å². The van der Waals surface area contributed by atoms with Crippen LogP contribution in [0.4, 0.5) is 0 Å². The SMILES string of the molecule is COc1ccccc1OCCCNC1CCCCC1. The molecule has 0 aliphatic heterocycles. The van der Waals surface area contributed by atoms with Crippen LogP contribution in [0.1, 0.15) is 38.5 Å². The number of hydrogen-bond acceptors (Lipinski definition) is 3. The minimum atomic E-state index is 0.736. The molecule has 1 N–H and O–H groups in total. The maximum absolute atomic E-state index is 5.75. The number of nitrogens with one attached hydrogen (secondary N) is 1. The molecule has 19 heavy (non-hydrogen) atoms. The van der Waals surface area contributed by atoms with Crippen molar-refractivity contribution in [3.8, 4) is 11.5 Å². The third kappa shape index (κ3) is 4.75. The van der Waals surface area contributed by atoms with Gasteiger partial charge >= 0.3 is 0 Å². The number of rotatable bonds is 7. The van der Waals surface area contributed by atoms with Crippen LogP contribution in [0, 0.1) is 0 Å². The molecule has 0 spiro atoms. The van der Waals surface area contributed by atoms with Crippen molar-refractivity contribution in [3.05, 3.63) is 24.3 Å². The first kappa shape index (κ1) is 14.2. The van der Waals surface area contributed by atoms with E-state index in [9.17, 15) is 0 Å². The molecule has 0 aromatic heterocycles. The summed E-state index contributed by atoms with van der Waals surface area (Å²) < 4.78 is 11.0. The Morgan fingerprint density at radius 3 is 2.58 bits per heavy atom. The lowest BCUT2D eigenvalue weighted by Gasteiger charge is -2.22. The summed E-state index contributed by atoms with van der Waals surface area (Å²) in [5, 5.41) is 3.63. The second-order valence-electron chi connectivity index (χ2n) is 5.14. The Bertz CT molecular complexity index is 362. The molecule has 1 aromatic rings. The quantitative estimate of drug-likeness (QED) is 0.765. The van der Waals surface area contributed by atoms with E-state index in [0.29, 0.717) is 0 Å². The Morgan fingerprint density at radius 2 is 1.84 bits per heavy atom. The van der Waals surface area contributed by atoms with Crippen LogP contribution in [0.25, 0.3) is 0 Å². The van der Waals surface area contributed by atoms with E-state index < -0.39 is 0 Å². The van der Waals surface area contributed by atoms with Gasteiger partial charge in [0.05, 0.1) is 13.7 Å². The van der Waals surface area contributed by atoms with Crippen LogP contribution >= 0.6 is 0 Å². The van der Waals surface area contributed by atoms with Gasteiger partial charge in [0, 0.05) is 6.04 Å². The molecule has 0 heterocycles. The Labute approximate surface area is 116 Å². The summed E-state index contributed by atoms with van der Waals surface area (Å²) in [5.41, 5.74) is 0. The average molecular weight is 263 g/mol. The molecule has 1 aromatic carbocycles. The summed E-state index contributed by atoms with van der Waals surface area (Å²) in [6.45, 7) is 1.78. The van der Waals surface area contributed by atoms with Crippen molar-refractivity contribution in [3.63, 3.8) is 0 Å². The molecule has 0 saturated heterocycles. The smallest absolute Gasteiger partial charge is 0.161 e. The van der Waals surface area contributed by atoms with Crippen molar-refractivity contribution in [1.82, 2.24) is 5.32 Å². The summed E-state index contributed by atoms with van der Waals surface area (Å²) in [5.74, 6) is 1.64. The van der Waals surface area contributed by atoms with Gasteiger partial charge in [0.25, 0.3) is 0 Å². The first-order valence-electron chi connectivity index (χ1n) is 7.39. The van der Waals surface area contributed by atoms with E-state index in [1.165, 1.54) is 32.1 Å². The van der Waals surface area contributed by atoms with Crippen LogP contribution in [-0.4, -0.2) is 26.3 Å². The Balaban J connectivity index is 1.61. The summed E-state index contributed by atoms with van der Waals surface area (Å²) in [6, 6.07) is 8.54. The molecular formula is C16H25NO2. The number of hydrogen-bond donors (Lipinski definition) is 1. The van der Waals surface area contributed by atoms with Gasteiger partial charge < -0.3 is 14.8 Å². The van der Waals surface area contributed by atoms with Crippen molar-refractivity contribution in [1.29, 1.82) is 0 Å². The maximum Gasteiger partial charge on any atom is 0.161 e. The van der Waals surface area contributed by atoms with Crippen LogP contribution in [0.5, 0.6) is 11.5 Å². The molecule has 1 aliphatic rings. The molecule has 0 unspecified atom stereocenters. The van der Waals surface area contributed by atoms with Gasteiger partial charge in [-0.15, -0.1) is 0 Å². The van der Waals surface area contributed by atoms with E-state index in [2.05, 4.69) is 5.32 Å². The molecular weight excluding hydrogens is 238 g/mol. The average Bonchev–Trinajstić information content (AvgIpc) is 2.48. The molecule has 1 saturated carbocycles. The zero-order valence-electron chi connectivity index (χ0n) is 11.9. The molecule has 1 fully saturated rings. The fourth-order valence-corrected chi connectivity index (χ4v) is 2.61. The first-order valence-corrected chi connectivity index (χ1v) is 7.39. The lowest BCUT2D eigenvalue weighted by molar-refractivity contribution is 0.280. The maximum atomic E-state index is 5.75. The standard InChI is InChI=1S/C16H25NO2/c1-18-15-10-5-6-11-16(15)19-13-7-12-17-14-8-3-2-4-9-14/h5-6,10-11,14,17H,2-4,7-9,12-13H2,1H3. The van der Waals surface area contributed by atoms with Crippen LogP contribution in [0.2, 0.25) is 0 Å². The molecule has 3 heteroatoms. The number of methoxy groups -OCH3 is 1. The van der Waals surface area contributed by atoms with Crippen molar-refractivity contribution < 1.29 is 9.47 Å². The van der Waals surface area contributed by atoms with E-state index >= 15 is 0 Å². The summed E-state index contributed by atoms with van der Waals surface area (Å²) in [7, 11) is 1.67. The third-order valence-corrected chi connectivity index (χ3v) is 3.69. The monoisotopic (exact) mass is 263 g/mol. The summed E-state index contributed by atoms with van der Waals surface area (Å²) in [4.78, 5) is 0. The molecule has 0 radical (unpaired) electrons. The van der Waals surface area contributed by atoms with E-state index in [1.807, 2.05) is 24.3 Å². The van der Waals surface area contributed by atoms with Crippen molar-refractivity contribution in [2.24, 2.45) is 0 Å². The molecule has 0 atom stereocenters. The van der Waals surface area contributed by atoms with E-state index in [4.69, 9.17) is 9.47 Å². The van der Waals surface area contributed by atoms with E-state index in [1.54, 1.807) is 7.11 Å². The van der Waals surface area contributed by atoms with E-state index in [-0.39, 0.29) is 0 Å². The largest absolute Gasteiger partial charge is 0.493 e. The highest BCUT2D eigenvalue weighted by Gasteiger charge is 2.11. The van der Waals surface area contributed by atoms with Gasteiger partial charge in [0.15, 0.2) is 11.5 Å². The van der Waals surface area contributed by atoms with Gasteiger partial charge in [-0.25, -0.2) is 0 Å². The highest BCUT2D eigenvalue weighted by Crippen LogP contribution is 2.25. The van der Waals surface area contributed by atoms with Gasteiger partial charge in [-0.1, -0.05) is 31.4 Å². The summed E-state index contributed by atoms with van der Waals surface area (Å²) >= 11 is 0. The predicted molar refractivity (Wildman–Crippen MR) is 78.0 cm³/mol. The Hall–Kier alpha value is -1.22. The van der Waals surface area contributed by atoms with Gasteiger partial charge in [-0.3, -0.25) is 0 Å². The molecule has 2 rings (SSSR count). The number of ether oxygens (including phenoxy) is 2. The minimum absolute atomic E-state index is 0.736. The second kappa shape index (κ2) is 8.05. The van der Waals surface area contributed by atoms with Crippen molar-refractivity contribution >= 4 is 0 Å². The second-order valence-corrected chi connectivity index (χ2v) is 5.14. The Kier molecular flexibility index (Phi) is 6.02. The van der Waals surface area contributed by atoms with Gasteiger partial charge in [0.1, 0.15) is 0 Å². The minimum Gasteiger partial charge on any atom is -0.493 e. The van der Waals surface area contributed by atoms with Crippen LogP contribution in [0.3, 0.4) is 0 Å². The summed E-state index contributed by atoms with van der Waals surface area (Å²) in [6.07, 6.45) is 7.90. The van der Waals surface area contributed by atoms with Gasteiger partial charge in [0.2, 0.25) is 0 Å². The zero-order valence-corrected chi connectivity index (χ0v) is 11.9. The Morgan fingerprint density at radius 1 is 1.11 bits per heavy atom. The third-order valence-electron chi connectivity index (χ3n) is 3.69. The van der Waals surface area contributed by atoms with Gasteiger partial charge in [-0.05, 0) is 37.9 Å².